The molecule has 3 rings (SSSR count). The molecule has 10 heteroatoms. The lowest BCUT2D eigenvalue weighted by Crippen LogP contribution is -2.26. The Kier molecular flexibility index (Phi) is 6.88. The number of alkyl halides is 3. The molecule has 0 aliphatic rings. The molecule has 0 aliphatic heterocycles. The predicted molar refractivity (Wildman–Crippen MR) is 108 cm³/mol. The number of benzene rings is 1. The molecule has 0 spiro atoms. The Bertz CT molecular complexity index is 1010. The minimum atomic E-state index is -4.43. The molecule has 0 aliphatic carbocycles. The zero-order valence-corrected chi connectivity index (χ0v) is 17.1. The minimum Gasteiger partial charge on any atom is -0.396 e. The van der Waals surface area contributed by atoms with E-state index in [-0.39, 0.29) is 12.5 Å². The van der Waals surface area contributed by atoms with E-state index in [2.05, 4.69) is 15.4 Å². The number of carbonyl (C=O) groups is 1. The van der Waals surface area contributed by atoms with E-state index in [1.807, 2.05) is 6.92 Å². The van der Waals surface area contributed by atoms with Crippen molar-refractivity contribution in [3.05, 3.63) is 52.7 Å². The van der Waals surface area contributed by atoms with Crippen molar-refractivity contribution in [3.8, 4) is 16.4 Å². The normalized spacial score (nSPS) is 11.6. The topological polar surface area (TPSA) is 80.0 Å². The summed E-state index contributed by atoms with van der Waals surface area (Å²) < 4.78 is 40.6. The van der Waals surface area contributed by atoms with Gasteiger partial charge in [0, 0.05) is 24.1 Å². The van der Waals surface area contributed by atoms with Crippen LogP contribution in [-0.4, -0.2) is 38.9 Å². The molecule has 0 fully saturated rings. The largest absolute Gasteiger partial charge is 0.416 e. The van der Waals surface area contributed by atoms with Gasteiger partial charge in [0.05, 0.1) is 28.7 Å². The van der Waals surface area contributed by atoms with E-state index in [0.717, 1.165) is 18.6 Å². The number of hydrogen-bond donors (Lipinski definition) is 2. The van der Waals surface area contributed by atoms with Gasteiger partial charge in [-0.15, -0.1) is 11.3 Å². The average molecular weight is 438 g/mol. The molecule has 2 heterocycles. The highest BCUT2D eigenvalue weighted by molar-refractivity contribution is 7.12. The summed E-state index contributed by atoms with van der Waals surface area (Å²) >= 11 is 1.24. The van der Waals surface area contributed by atoms with Gasteiger partial charge in [0.2, 0.25) is 5.13 Å². The fourth-order valence-electron chi connectivity index (χ4n) is 2.93. The number of aromatic nitrogens is 3. The second-order valence-electron chi connectivity index (χ2n) is 6.59. The van der Waals surface area contributed by atoms with Crippen LogP contribution in [0.3, 0.4) is 0 Å². The van der Waals surface area contributed by atoms with Crippen LogP contribution in [0.25, 0.3) is 16.4 Å². The molecule has 2 N–H and O–H groups in total. The molecule has 30 heavy (non-hydrogen) atoms. The molecular formula is C20H21F3N4O2S. The van der Waals surface area contributed by atoms with Crippen molar-refractivity contribution >= 4 is 17.2 Å². The van der Waals surface area contributed by atoms with Crippen LogP contribution >= 0.6 is 11.3 Å². The molecule has 160 valence electrons. The van der Waals surface area contributed by atoms with Gasteiger partial charge in [-0.2, -0.15) is 18.3 Å². The van der Waals surface area contributed by atoms with Crippen LogP contribution in [0.15, 0.2) is 35.8 Å². The molecule has 0 radical (unpaired) electrons. The molecule has 0 unspecified atom stereocenters. The molecule has 0 atom stereocenters. The first-order valence-corrected chi connectivity index (χ1v) is 10.3. The number of aliphatic hydroxyl groups excluding tert-OH is 1. The summed E-state index contributed by atoms with van der Waals surface area (Å²) in [7, 11) is 0. The van der Waals surface area contributed by atoms with Gasteiger partial charge in [0.1, 0.15) is 0 Å². The Morgan fingerprint density at radius 1 is 1.33 bits per heavy atom. The SMILES string of the molecule is CCCc1c(C(=O)NCCCO)cnn1-c1nc(-c2cccc(C(F)(F)F)c2)cs1. The zero-order chi connectivity index (χ0) is 21.7. The molecule has 0 saturated carbocycles. The van der Waals surface area contributed by atoms with Gasteiger partial charge < -0.3 is 10.4 Å². The van der Waals surface area contributed by atoms with E-state index < -0.39 is 11.7 Å². The molecule has 6 nitrogen and oxygen atoms in total. The number of amides is 1. The number of aliphatic hydroxyl groups is 1. The smallest absolute Gasteiger partial charge is 0.396 e. The Morgan fingerprint density at radius 2 is 2.13 bits per heavy atom. The maximum atomic E-state index is 13.0. The fraction of sp³-hybridized carbons (Fsp3) is 0.350. The lowest BCUT2D eigenvalue weighted by Gasteiger charge is -2.08. The Labute approximate surface area is 175 Å². The van der Waals surface area contributed by atoms with Gasteiger partial charge in [-0.05, 0) is 25.0 Å². The van der Waals surface area contributed by atoms with Crippen molar-refractivity contribution in [2.24, 2.45) is 0 Å². The molecule has 1 aromatic carbocycles. The van der Waals surface area contributed by atoms with Crippen molar-refractivity contribution in [2.45, 2.75) is 32.4 Å². The number of halogens is 3. The van der Waals surface area contributed by atoms with Crippen molar-refractivity contribution < 1.29 is 23.1 Å². The molecule has 2 aromatic heterocycles. The minimum absolute atomic E-state index is 0.0151. The van der Waals surface area contributed by atoms with E-state index in [9.17, 15) is 18.0 Å². The van der Waals surface area contributed by atoms with E-state index in [1.165, 1.54) is 23.6 Å². The number of nitrogens with zero attached hydrogens (tertiary/aromatic N) is 3. The summed E-state index contributed by atoms with van der Waals surface area (Å²) in [6, 6.07) is 5.01. The van der Waals surface area contributed by atoms with E-state index in [1.54, 1.807) is 16.1 Å². The van der Waals surface area contributed by atoms with Gasteiger partial charge in [0.25, 0.3) is 5.91 Å². The van der Waals surface area contributed by atoms with E-state index in [0.29, 0.717) is 47.0 Å². The third-order valence-corrected chi connectivity index (χ3v) is 5.20. The van der Waals surface area contributed by atoms with Gasteiger partial charge >= 0.3 is 6.18 Å². The first-order chi connectivity index (χ1) is 14.3. The third-order valence-electron chi connectivity index (χ3n) is 4.38. The van der Waals surface area contributed by atoms with Gasteiger partial charge in [0.15, 0.2) is 0 Å². The molecule has 0 saturated heterocycles. The highest BCUT2D eigenvalue weighted by Gasteiger charge is 2.30. The fourth-order valence-corrected chi connectivity index (χ4v) is 3.74. The third kappa shape index (κ3) is 4.88. The summed E-state index contributed by atoms with van der Waals surface area (Å²) in [6.45, 7) is 2.31. The number of hydrogen-bond acceptors (Lipinski definition) is 5. The Hall–Kier alpha value is -2.72. The summed E-state index contributed by atoms with van der Waals surface area (Å²) in [5, 5.41) is 18.0. The van der Waals surface area contributed by atoms with Gasteiger partial charge in [-0.25, -0.2) is 9.67 Å². The standard InChI is InChI=1S/C20H21F3N4O2S/c1-2-5-17-15(18(29)24-8-4-9-28)11-25-27(17)19-26-16(12-30-19)13-6-3-7-14(10-13)20(21,22)23/h3,6-7,10-12,28H,2,4-5,8-9H2,1H3,(H,24,29). The monoisotopic (exact) mass is 438 g/mol. The van der Waals surface area contributed by atoms with Gasteiger partial charge in [-0.1, -0.05) is 25.5 Å². The highest BCUT2D eigenvalue weighted by Crippen LogP contribution is 2.33. The van der Waals surface area contributed by atoms with Crippen molar-refractivity contribution in [1.82, 2.24) is 20.1 Å². The van der Waals surface area contributed by atoms with Crippen LogP contribution < -0.4 is 5.32 Å². The van der Waals surface area contributed by atoms with E-state index >= 15 is 0 Å². The lowest BCUT2D eigenvalue weighted by molar-refractivity contribution is -0.137. The average Bonchev–Trinajstić information content (AvgIpc) is 3.35. The molecule has 0 bridgehead atoms. The maximum Gasteiger partial charge on any atom is 0.416 e. The summed E-state index contributed by atoms with van der Waals surface area (Å²) in [6.07, 6.45) is -1.15. The molecule has 1 amide bonds. The first-order valence-electron chi connectivity index (χ1n) is 9.44. The first kappa shape index (κ1) is 22.0. The lowest BCUT2D eigenvalue weighted by atomic mass is 10.1. The number of carbonyl (C=O) groups excluding carboxylic acids is 1. The molecular weight excluding hydrogens is 417 g/mol. The summed E-state index contributed by atoms with van der Waals surface area (Å²) in [5.74, 6) is -0.284. The Balaban J connectivity index is 1.91. The molecule has 3 aromatic rings. The maximum absolute atomic E-state index is 13.0. The van der Waals surface area contributed by atoms with Crippen LogP contribution in [0.5, 0.6) is 0 Å². The van der Waals surface area contributed by atoms with Crippen LogP contribution in [0, 0.1) is 0 Å². The zero-order valence-electron chi connectivity index (χ0n) is 16.2. The summed E-state index contributed by atoms with van der Waals surface area (Å²) in [5.41, 5.74) is 1.14. The summed E-state index contributed by atoms with van der Waals surface area (Å²) in [4.78, 5) is 16.9. The number of thiazole rings is 1. The van der Waals surface area contributed by atoms with Crippen LogP contribution in [0.1, 0.15) is 41.4 Å². The predicted octanol–water partition coefficient (Wildman–Crippen LogP) is 4.08. The van der Waals surface area contributed by atoms with Crippen LogP contribution in [-0.2, 0) is 12.6 Å². The van der Waals surface area contributed by atoms with Crippen LogP contribution in [0.2, 0.25) is 0 Å². The van der Waals surface area contributed by atoms with Crippen molar-refractivity contribution in [2.75, 3.05) is 13.2 Å². The van der Waals surface area contributed by atoms with Crippen LogP contribution in [0.4, 0.5) is 13.2 Å². The quantitative estimate of drug-likeness (QED) is 0.520. The number of nitrogens with one attached hydrogen (secondary N) is 1. The van der Waals surface area contributed by atoms with Crippen molar-refractivity contribution in [1.29, 1.82) is 0 Å². The Morgan fingerprint density at radius 3 is 2.83 bits per heavy atom. The second-order valence-corrected chi connectivity index (χ2v) is 7.43. The highest BCUT2D eigenvalue weighted by atomic mass is 32.1. The number of rotatable bonds is 8. The van der Waals surface area contributed by atoms with Gasteiger partial charge in [-0.3, -0.25) is 4.79 Å². The van der Waals surface area contributed by atoms with Crippen molar-refractivity contribution in [3.63, 3.8) is 0 Å². The second kappa shape index (κ2) is 9.40. The van der Waals surface area contributed by atoms with E-state index in [4.69, 9.17) is 5.11 Å².